The van der Waals surface area contributed by atoms with Gasteiger partial charge in [0.05, 0.1) is 274 Å². The number of ketones is 2. The van der Waals surface area contributed by atoms with Crippen molar-refractivity contribution in [3.05, 3.63) is 107 Å². The third kappa shape index (κ3) is 35.8. The highest BCUT2D eigenvalue weighted by atomic mass is 16.6. The maximum Gasteiger partial charge on any atom is 0.196 e. The van der Waals surface area contributed by atoms with Gasteiger partial charge in [-0.05, 0) is 60.7 Å². The minimum Gasteiger partial charge on any atom is -0.491 e. The van der Waals surface area contributed by atoms with Crippen LogP contribution in [0.4, 0.5) is 22.7 Å². The molecule has 0 aromatic heterocycles. The van der Waals surface area contributed by atoms with Crippen LogP contribution in [0.25, 0.3) is 0 Å². The van der Waals surface area contributed by atoms with Gasteiger partial charge in [0.1, 0.15) is 24.7 Å². The Hall–Kier alpha value is -5.38. The predicted octanol–water partition coefficient (Wildman–Crippen LogP) is 4.99. The highest BCUT2D eigenvalue weighted by Gasteiger charge is 2.34. The summed E-state index contributed by atoms with van der Waals surface area (Å²) in [5.74, 6) is 0.778. The Balaban J connectivity index is 0.841. The molecule has 0 unspecified atom stereocenters. The molecule has 1 aliphatic rings. The first kappa shape index (κ1) is 77.3. The number of nitrogens with one attached hydrogen (secondary N) is 2. The lowest BCUT2D eigenvalue weighted by atomic mass is 9.82. The predicted molar refractivity (Wildman–Crippen MR) is 339 cm³/mol. The number of rotatable bonds is 64. The highest BCUT2D eigenvalue weighted by Crippen LogP contribution is 2.39. The van der Waals surface area contributed by atoms with Gasteiger partial charge in [0.15, 0.2) is 11.6 Å². The Kier molecular flexibility index (Phi) is 45.3. The van der Waals surface area contributed by atoms with E-state index in [1.807, 2.05) is 48.5 Å². The van der Waals surface area contributed by atoms with Gasteiger partial charge in [-0.2, -0.15) is 0 Å². The van der Waals surface area contributed by atoms with E-state index < -0.39 is 0 Å². The molecule has 0 spiro atoms. The average Bonchev–Trinajstić information content (AvgIpc) is 0.747. The summed E-state index contributed by atoms with van der Waals surface area (Å²) in [4.78, 5) is 28.3. The van der Waals surface area contributed by atoms with Gasteiger partial charge >= 0.3 is 0 Å². The third-order valence-electron chi connectivity index (χ3n) is 12.8. The molecule has 92 heavy (non-hydrogen) atoms. The Bertz CT molecular complexity index is 2280. The molecule has 26 heteroatoms. The molecule has 5 rings (SSSR count). The molecule has 0 bridgehead atoms. The van der Waals surface area contributed by atoms with Crippen molar-refractivity contribution < 1.29 is 115 Å². The van der Waals surface area contributed by atoms with Crippen LogP contribution >= 0.6 is 0 Å². The fourth-order valence-corrected chi connectivity index (χ4v) is 8.30. The second kappa shape index (κ2) is 53.9. The van der Waals surface area contributed by atoms with E-state index in [-0.39, 0.29) is 35.9 Å². The molecule has 0 amide bonds. The van der Waals surface area contributed by atoms with Gasteiger partial charge in [0.25, 0.3) is 0 Å². The summed E-state index contributed by atoms with van der Waals surface area (Å²) >= 11 is 0. The van der Waals surface area contributed by atoms with Crippen LogP contribution < -0.4 is 20.1 Å². The fourth-order valence-electron chi connectivity index (χ4n) is 8.30. The molecule has 0 aliphatic heterocycles. The summed E-state index contributed by atoms with van der Waals surface area (Å²) < 4.78 is 110. The topological polar surface area (TPSA) is 283 Å². The first-order chi connectivity index (χ1) is 45.6. The fraction of sp³-hybridized carbons (Fsp3) is 0.606. The lowest BCUT2D eigenvalue weighted by Gasteiger charge is -2.24. The largest absolute Gasteiger partial charge is 0.491 e. The molecule has 0 radical (unpaired) electrons. The van der Waals surface area contributed by atoms with E-state index in [2.05, 4.69) is 10.6 Å². The van der Waals surface area contributed by atoms with E-state index in [1.165, 1.54) is 0 Å². The molecule has 0 saturated heterocycles. The van der Waals surface area contributed by atoms with Gasteiger partial charge in [-0.15, -0.1) is 0 Å². The zero-order valence-electron chi connectivity index (χ0n) is 53.2. The van der Waals surface area contributed by atoms with Crippen LogP contribution in [0.3, 0.4) is 0 Å². The van der Waals surface area contributed by atoms with Crippen LogP contribution in [0.15, 0.2) is 84.9 Å². The monoisotopic (exact) mass is 1300 g/mol. The Morgan fingerprint density at radius 3 is 0.641 bits per heavy atom. The number of hydrogen-bond acceptors (Lipinski definition) is 26. The maximum absolute atomic E-state index is 14.2. The van der Waals surface area contributed by atoms with Gasteiger partial charge < -0.3 is 116 Å². The number of hydrogen-bond donors (Lipinski definition) is 4. The first-order valence-electron chi connectivity index (χ1n) is 31.5. The Morgan fingerprint density at radius 2 is 0.435 bits per heavy atom. The van der Waals surface area contributed by atoms with E-state index in [0.717, 1.165) is 0 Å². The molecule has 4 aromatic carbocycles. The molecule has 4 aromatic rings. The molecule has 4 N–H and O–H groups in total. The molecule has 26 nitrogen and oxygen atoms in total. The summed E-state index contributed by atoms with van der Waals surface area (Å²) in [7, 11) is 0. The second-order valence-corrected chi connectivity index (χ2v) is 19.6. The van der Waals surface area contributed by atoms with Crippen molar-refractivity contribution in [2.24, 2.45) is 0 Å². The van der Waals surface area contributed by atoms with E-state index in [4.69, 9.17) is 105 Å². The van der Waals surface area contributed by atoms with Crippen LogP contribution in [0.1, 0.15) is 31.8 Å². The van der Waals surface area contributed by atoms with E-state index in [0.29, 0.717) is 296 Å². The second-order valence-electron chi connectivity index (χ2n) is 19.6. The number of anilines is 4. The van der Waals surface area contributed by atoms with Crippen molar-refractivity contribution >= 4 is 34.3 Å². The molecule has 0 fully saturated rings. The summed E-state index contributed by atoms with van der Waals surface area (Å²) in [6, 6.07) is 25.1. The molecular formula is C66H98N2O24. The first-order valence-corrected chi connectivity index (χ1v) is 31.5. The average molecular weight is 1300 g/mol. The van der Waals surface area contributed by atoms with Crippen LogP contribution in [0, 0.1) is 0 Å². The van der Waals surface area contributed by atoms with Crippen LogP contribution in [0.2, 0.25) is 0 Å². The van der Waals surface area contributed by atoms with Gasteiger partial charge in [-0.25, -0.2) is 0 Å². The van der Waals surface area contributed by atoms with Gasteiger partial charge in [-0.1, -0.05) is 24.3 Å². The number of aliphatic hydroxyl groups is 2. The molecule has 516 valence electrons. The van der Waals surface area contributed by atoms with Crippen molar-refractivity contribution in [2.75, 3.05) is 275 Å². The summed E-state index contributed by atoms with van der Waals surface area (Å²) in [5.41, 5.74) is 3.65. The normalized spacial score (nSPS) is 12.0. The lowest BCUT2D eigenvalue weighted by Crippen LogP contribution is -2.23. The van der Waals surface area contributed by atoms with Crippen molar-refractivity contribution in [1.82, 2.24) is 0 Å². The number of benzene rings is 4. The van der Waals surface area contributed by atoms with E-state index in [1.54, 1.807) is 36.4 Å². The smallest absolute Gasteiger partial charge is 0.196 e. The van der Waals surface area contributed by atoms with Crippen molar-refractivity contribution in [2.45, 2.75) is 0 Å². The van der Waals surface area contributed by atoms with E-state index in [9.17, 15) is 9.59 Å². The number of fused-ring (bicyclic) bond motifs is 2. The quantitative estimate of drug-likeness (QED) is 0.0373. The maximum atomic E-state index is 14.2. The van der Waals surface area contributed by atoms with Crippen LogP contribution in [-0.2, 0) is 85.3 Å². The van der Waals surface area contributed by atoms with Crippen LogP contribution in [-0.4, -0.2) is 286 Å². The lowest BCUT2D eigenvalue weighted by molar-refractivity contribution is -0.0258. The zero-order valence-corrected chi connectivity index (χ0v) is 53.2. The molecule has 0 atom stereocenters. The van der Waals surface area contributed by atoms with Crippen LogP contribution in [0.5, 0.6) is 11.5 Å². The number of carbonyl (C=O) groups excluding carboxylic acids is 2. The molecule has 1 aliphatic carbocycles. The summed E-state index contributed by atoms with van der Waals surface area (Å²) in [6.45, 7) is 16.8. The van der Waals surface area contributed by atoms with Gasteiger partial charge in [-0.3, -0.25) is 9.59 Å². The standard InChI is InChI=1S/C66H98N2O24/c69-15-17-73-19-21-75-23-25-77-27-29-79-31-33-81-35-37-83-39-41-85-43-45-87-47-49-89-51-53-91-57-9-5-55(6-10-57)67-61-13-14-62(64-63(61)65(71)59-3-1-2-4-60(59)66(64)72)68-56-7-11-58(12-8-56)92-54-52-90-50-48-88-46-44-86-42-40-84-38-36-82-34-32-80-30-28-78-26-24-76-22-20-74-18-16-70/h1-14,67-70H,15-54H2. The SMILES string of the molecule is O=C1c2ccccc2C(=O)c2c(Nc3ccc(OCCOCCOCCOCCOCCOCCOCCOCCOCCOCCO)cc3)ccc(Nc3ccc(OCCOCCOCCOCCOCCOCCOCCOCCOCCOCCO)cc3)c21. The number of aliphatic hydroxyl groups excluding tert-OH is 2. The summed E-state index contributed by atoms with van der Waals surface area (Å²) in [5, 5.41) is 24.0. The minimum absolute atomic E-state index is 0.00874. The third-order valence-corrected chi connectivity index (χ3v) is 12.8. The number of carbonyl (C=O) groups is 2. The summed E-state index contributed by atoms with van der Waals surface area (Å²) in [6.07, 6.45) is 0. The zero-order chi connectivity index (χ0) is 64.7. The Morgan fingerprint density at radius 1 is 0.239 bits per heavy atom. The molecule has 0 heterocycles. The van der Waals surface area contributed by atoms with Crippen molar-refractivity contribution in [3.63, 3.8) is 0 Å². The van der Waals surface area contributed by atoms with Gasteiger partial charge in [0.2, 0.25) is 0 Å². The Labute approximate surface area is 540 Å². The van der Waals surface area contributed by atoms with Gasteiger partial charge in [0, 0.05) is 22.5 Å². The highest BCUT2D eigenvalue weighted by molar-refractivity contribution is 6.32. The molecular weight excluding hydrogens is 1200 g/mol. The van der Waals surface area contributed by atoms with Crippen molar-refractivity contribution in [1.29, 1.82) is 0 Å². The molecule has 0 saturated carbocycles. The van der Waals surface area contributed by atoms with E-state index >= 15 is 0 Å². The minimum atomic E-state index is -0.255. The number of ether oxygens (including phenoxy) is 20. The van der Waals surface area contributed by atoms with Crippen molar-refractivity contribution in [3.8, 4) is 11.5 Å².